The molecular weight excluding hydrogens is 394 g/mol. The Balaban J connectivity index is 1.38. The molecule has 0 saturated carbocycles. The Bertz CT molecular complexity index is 1140. The average molecular weight is 412 g/mol. The fourth-order valence-corrected chi connectivity index (χ4v) is 4.54. The van der Waals surface area contributed by atoms with Gasteiger partial charge >= 0.3 is 5.63 Å². The standard InChI is InChI=1S/C20H17N3O3S2/c24-15-6-7-16-14(10-18(25)26-17(16)11-15)12-27-20-23-22-19(28-20)21-9-8-13-4-2-1-3-5-13/h1-7,10-11,24H,8-9,12H2,(H,21,22). The topological polar surface area (TPSA) is 88.2 Å². The maximum Gasteiger partial charge on any atom is 0.336 e. The van der Waals surface area contributed by atoms with Gasteiger partial charge in [0.1, 0.15) is 11.3 Å². The van der Waals surface area contributed by atoms with Gasteiger partial charge in [-0.1, -0.05) is 53.4 Å². The Labute approximate surface area is 169 Å². The molecular formula is C20H17N3O3S2. The number of nitrogens with one attached hydrogen (secondary N) is 1. The Morgan fingerprint density at radius 3 is 2.82 bits per heavy atom. The molecule has 2 N–H and O–H groups in total. The van der Waals surface area contributed by atoms with Crippen LogP contribution in [-0.2, 0) is 12.2 Å². The summed E-state index contributed by atoms with van der Waals surface area (Å²) in [7, 11) is 0. The zero-order chi connectivity index (χ0) is 19.3. The van der Waals surface area contributed by atoms with E-state index < -0.39 is 5.63 Å². The molecule has 4 rings (SSSR count). The quantitative estimate of drug-likeness (QED) is 0.346. The average Bonchev–Trinajstić information content (AvgIpc) is 3.14. The minimum absolute atomic E-state index is 0.0656. The van der Waals surface area contributed by atoms with Gasteiger partial charge in [0.25, 0.3) is 0 Å². The maximum absolute atomic E-state index is 11.8. The monoisotopic (exact) mass is 411 g/mol. The number of fused-ring (bicyclic) bond motifs is 1. The lowest BCUT2D eigenvalue weighted by Gasteiger charge is -2.04. The molecule has 0 atom stereocenters. The molecule has 0 amide bonds. The highest BCUT2D eigenvalue weighted by Crippen LogP contribution is 2.31. The summed E-state index contributed by atoms with van der Waals surface area (Å²) in [5.41, 5.74) is 2.05. The third kappa shape index (κ3) is 4.52. The van der Waals surface area contributed by atoms with Crippen LogP contribution in [0, 0.1) is 0 Å². The summed E-state index contributed by atoms with van der Waals surface area (Å²) in [6.07, 6.45) is 0.918. The van der Waals surface area contributed by atoms with Crippen molar-refractivity contribution in [2.75, 3.05) is 11.9 Å². The highest BCUT2D eigenvalue weighted by Gasteiger charge is 2.10. The molecule has 0 fully saturated rings. The lowest BCUT2D eigenvalue weighted by Crippen LogP contribution is -2.04. The zero-order valence-electron chi connectivity index (χ0n) is 14.8. The molecule has 4 aromatic rings. The Kier molecular flexibility index (Phi) is 5.59. The van der Waals surface area contributed by atoms with Crippen LogP contribution >= 0.6 is 23.1 Å². The van der Waals surface area contributed by atoms with Crippen LogP contribution in [0.2, 0.25) is 0 Å². The van der Waals surface area contributed by atoms with E-state index in [2.05, 4.69) is 27.6 Å². The second-order valence-corrected chi connectivity index (χ2v) is 8.30. The summed E-state index contributed by atoms with van der Waals surface area (Å²) < 4.78 is 5.98. The molecule has 142 valence electrons. The zero-order valence-corrected chi connectivity index (χ0v) is 16.4. The van der Waals surface area contributed by atoms with E-state index in [0.29, 0.717) is 11.3 Å². The molecule has 0 radical (unpaired) electrons. The van der Waals surface area contributed by atoms with Crippen molar-refractivity contribution in [3.05, 3.63) is 76.1 Å². The summed E-state index contributed by atoms with van der Waals surface area (Å²) in [6, 6.07) is 16.5. The van der Waals surface area contributed by atoms with Gasteiger partial charge in [-0.15, -0.1) is 10.2 Å². The molecule has 6 nitrogen and oxygen atoms in total. The number of phenolic OH excluding ortho intramolecular Hbond substituents is 1. The Morgan fingerprint density at radius 1 is 1.11 bits per heavy atom. The second-order valence-electron chi connectivity index (χ2n) is 6.10. The third-order valence-electron chi connectivity index (χ3n) is 4.10. The highest BCUT2D eigenvalue weighted by molar-refractivity contribution is 8.00. The number of phenols is 1. The summed E-state index contributed by atoms with van der Waals surface area (Å²) in [5, 5.41) is 22.8. The summed E-state index contributed by atoms with van der Waals surface area (Å²) in [6.45, 7) is 0.789. The second kappa shape index (κ2) is 8.45. The number of hydrogen-bond acceptors (Lipinski definition) is 8. The lowest BCUT2D eigenvalue weighted by molar-refractivity contribution is 0.473. The van der Waals surface area contributed by atoms with E-state index in [0.717, 1.165) is 33.4 Å². The van der Waals surface area contributed by atoms with Gasteiger partial charge in [-0.2, -0.15) is 0 Å². The van der Waals surface area contributed by atoms with Crippen LogP contribution in [0.1, 0.15) is 11.1 Å². The molecule has 0 aliphatic heterocycles. The van der Waals surface area contributed by atoms with Crippen molar-refractivity contribution in [3.63, 3.8) is 0 Å². The smallest absolute Gasteiger partial charge is 0.336 e. The van der Waals surface area contributed by atoms with E-state index >= 15 is 0 Å². The molecule has 0 unspecified atom stereocenters. The molecule has 0 aliphatic carbocycles. The van der Waals surface area contributed by atoms with Crippen LogP contribution in [0.25, 0.3) is 11.0 Å². The SMILES string of the molecule is O=c1cc(CSc2nnc(NCCc3ccccc3)s2)c2ccc(O)cc2o1. The molecule has 0 bridgehead atoms. The van der Waals surface area contributed by atoms with Crippen molar-refractivity contribution in [1.82, 2.24) is 10.2 Å². The van der Waals surface area contributed by atoms with Crippen LogP contribution in [0.3, 0.4) is 0 Å². The third-order valence-corrected chi connectivity index (χ3v) is 6.17. The first-order valence-electron chi connectivity index (χ1n) is 8.67. The molecule has 0 spiro atoms. The van der Waals surface area contributed by atoms with Gasteiger partial charge in [0.15, 0.2) is 4.34 Å². The number of benzene rings is 2. The number of thioether (sulfide) groups is 1. The Morgan fingerprint density at radius 2 is 1.96 bits per heavy atom. The summed E-state index contributed by atoms with van der Waals surface area (Å²) in [5.74, 6) is 0.627. The Hall–Kier alpha value is -2.84. The maximum atomic E-state index is 11.8. The predicted octanol–water partition coefficient (Wildman–Crippen LogP) is 4.30. The van der Waals surface area contributed by atoms with Gasteiger partial charge in [-0.3, -0.25) is 0 Å². The number of nitrogens with zero attached hydrogens (tertiary/aromatic N) is 2. The summed E-state index contributed by atoms with van der Waals surface area (Å²) >= 11 is 3.00. The van der Waals surface area contributed by atoms with E-state index in [1.54, 1.807) is 12.1 Å². The molecule has 2 heterocycles. The fraction of sp³-hybridized carbons (Fsp3) is 0.150. The number of aromatic hydroxyl groups is 1. The number of aromatic nitrogens is 2. The van der Waals surface area contributed by atoms with Crippen LogP contribution in [0.5, 0.6) is 5.75 Å². The van der Waals surface area contributed by atoms with Crippen LogP contribution in [0.4, 0.5) is 5.13 Å². The predicted molar refractivity (Wildman–Crippen MR) is 112 cm³/mol. The molecule has 8 heteroatoms. The summed E-state index contributed by atoms with van der Waals surface area (Å²) in [4.78, 5) is 11.8. The van der Waals surface area contributed by atoms with Crippen molar-refractivity contribution in [3.8, 4) is 5.75 Å². The van der Waals surface area contributed by atoms with Crippen LogP contribution < -0.4 is 10.9 Å². The first kappa shape index (κ1) is 18.5. The van der Waals surface area contributed by atoms with E-state index in [9.17, 15) is 9.90 Å². The van der Waals surface area contributed by atoms with Gasteiger partial charge in [0.2, 0.25) is 5.13 Å². The minimum atomic E-state index is -0.436. The lowest BCUT2D eigenvalue weighted by atomic mass is 10.1. The normalized spacial score (nSPS) is 11.0. The number of anilines is 1. The van der Waals surface area contributed by atoms with Crippen molar-refractivity contribution in [2.45, 2.75) is 16.5 Å². The van der Waals surface area contributed by atoms with E-state index in [1.165, 1.54) is 40.8 Å². The highest BCUT2D eigenvalue weighted by atomic mass is 32.2. The van der Waals surface area contributed by atoms with Gasteiger partial charge in [0.05, 0.1) is 0 Å². The molecule has 0 aliphatic rings. The fourth-order valence-electron chi connectivity index (χ4n) is 2.78. The molecule has 28 heavy (non-hydrogen) atoms. The first-order valence-corrected chi connectivity index (χ1v) is 10.5. The minimum Gasteiger partial charge on any atom is -0.508 e. The van der Waals surface area contributed by atoms with Crippen molar-refractivity contribution in [2.24, 2.45) is 0 Å². The van der Waals surface area contributed by atoms with Crippen molar-refractivity contribution >= 4 is 39.2 Å². The number of hydrogen-bond donors (Lipinski definition) is 2. The van der Waals surface area contributed by atoms with Crippen molar-refractivity contribution in [1.29, 1.82) is 0 Å². The largest absolute Gasteiger partial charge is 0.508 e. The number of rotatable bonds is 7. The molecule has 2 aromatic carbocycles. The van der Waals surface area contributed by atoms with Crippen LogP contribution in [0.15, 0.2) is 68.1 Å². The first-order chi connectivity index (χ1) is 13.7. The van der Waals surface area contributed by atoms with E-state index in [1.807, 2.05) is 18.2 Å². The van der Waals surface area contributed by atoms with Gasteiger partial charge in [-0.25, -0.2) is 4.79 Å². The van der Waals surface area contributed by atoms with Crippen LogP contribution in [-0.4, -0.2) is 21.8 Å². The van der Waals surface area contributed by atoms with Crippen molar-refractivity contribution < 1.29 is 9.52 Å². The van der Waals surface area contributed by atoms with E-state index in [4.69, 9.17) is 4.42 Å². The van der Waals surface area contributed by atoms with Gasteiger partial charge in [-0.05, 0) is 29.7 Å². The van der Waals surface area contributed by atoms with E-state index in [-0.39, 0.29) is 5.75 Å². The van der Waals surface area contributed by atoms with Gasteiger partial charge < -0.3 is 14.8 Å². The molecule has 0 saturated heterocycles. The van der Waals surface area contributed by atoms with Gasteiger partial charge in [0, 0.05) is 29.8 Å². The molecule has 2 aromatic heterocycles.